The van der Waals surface area contributed by atoms with Crippen LogP contribution in [0, 0.1) is 5.92 Å². The third-order valence-corrected chi connectivity index (χ3v) is 7.22. The molecular weight excluding hydrogens is 503 g/mol. The molecule has 2 aliphatic rings. The molecule has 2 amide bonds. The number of benzene rings is 1. The normalized spacial score (nSPS) is 29.9. The predicted octanol–water partition coefficient (Wildman–Crippen LogP) is 3.81. The number of anilines is 1. The fourth-order valence-corrected chi connectivity index (χ4v) is 4.82. The van der Waals surface area contributed by atoms with E-state index in [0.29, 0.717) is 12.8 Å². The molecule has 2 heterocycles. The molecule has 1 aliphatic carbocycles. The van der Waals surface area contributed by atoms with Gasteiger partial charge < -0.3 is 25.6 Å². The summed E-state index contributed by atoms with van der Waals surface area (Å²) in [4.78, 5) is 28.5. The van der Waals surface area contributed by atoms with E-state index in [-0.39, 0.29) is 33.8 Å². The van der Waals surface area contributed by atoms with Crippen LogP contribution in [0.1, 0.15) is 48.7 Å². The summed E-state index contributed by atoms with van der Waals surface area (Å²) in [6, 6.07) is 7.24. The number of ether oxygens (including phenoxy) is 2. The van der Waals surface area contributed by atoms with Crippen LogP contribution in [0.2, 0.25) is 5.02 Å². The Hall–Kier alpha value is -2.89. The van der Waals surface area contributed by atoms with E-state index in [4.69, 9.17) is 26.8 Å². The molecule has 2 aromatic rings. The molecule has 4 N–H and O–H groups in total. The minimum atomic E-state index is -4.78. The smallest absolute Gasteiger partial charge is 0.417 e. The van der Waals surface area contributed by atoms with Crippen molar-refractivity contribution >= 4 is 29.1 Å². The van der Waals surface area contributed by atoms with Crippen molar-refractivity contribution in [3.63, 3.8) is 0 Å². The highest BCUT2D eigenvalue weighted by Crippen LogP contribution is 2.55. The molecule has 1 aromatic carbocycles. The Labute approximate surface area is 209 Å². The number of nitrogens with two attached hydrogens (primary N) is 1. The molecule has 4 atom stereocenters. The Bertz CT molecular complexity index is 1170. The van der Waals surface area contributed by atoms with Crippen molar-refractivity contribution in [1.29, 1.82) is 0 Å². The van der Waals surface area contributed by atoms with Crippen LogP contribution in [0.15, 0.2) is 36.5 Å². The average Bonchev–Trinajstić information content (AvgIpc) is 3.06. The van der Waals surface area contributed by atoms with E-state index in [1.54, 1.807) is 12.1 Å². The number of nitrogens with zero attached hydrogens (tertiary/aromatic N) is 1. The molecule has 4 rings (SSSR count). The number of carbonyl (C=O) groups is 2. The molecule has 0 bridgehead atoms. The van der Waals surface area contributed by atoms with Gasteiger partial charge in [-0.15, -0.1) is 0 Å². The number of alkyl halides is 3. The number of amides is 2. The van der Waals surface area contributed by atoms with Crippen molar-refractivity contribution in [1.82, 2.24) is 4.98 Å². The number of halogens is 4. The summed E-state index contributed by atoms with van der Waals surface area (Å²) in [6.45, 7) is 2.27. The number of nitrogens with one attached hydrogen (secondary N) is 1. The third-order valence-electron chi connectivity index (χ3n) is 6.92. The van der Waals surface area contributed by atoms with E-state index in [2.05, 4.69) is 10.3 Å². The number of aliphatic hydroxyl groups is 1. The zero-order valence-corrected chi connectivity index (χ0v) is 20.1. The van der Waals surface area contributed by atoms with Crippen molar-refractivity contribution in [2.24, 2.45) is 11.7 Å². The van der Waals surface area contributed by atoms with E-state index in [0.717, 1.165) is 6.92 Å². The van der Waals surface area contributed by atoms with E-state index in [1.807, 2.05) is 0 Å². The van der Waals surface area contributed by atoms with Crippen LogP contribution in [0.4, 0.5) is 18.9 Å². The first-order valence-corrected chi connectivity index (χ1v) is 11.6. The van der Waals surface area contributed by atoms with Gasteiger partial charge in [0.15, 0.2) is 5.60 Å². The van der Waals surface area contributed by atoms with Gasteiger partial charge in [-0.3, -0.25) is 14.6 Å². The van der Waals surface area contributed by atoms with Crippen LogP contribution in [-0.2, 0) is 9.53 Å². The minimum Gasteiger partial charge on any atom is -0.488 e. The maximum absolute atomic E-state index is 14.2. The van der Waals surface area contributed by atoms with Crippen LogP contribution in [0.25, 0.3) is 0 Å². The quantitative estimate of drug-likeness (QED) is 0.525. The molecule has 0 radical (unpaired) electrons. The molecule has 0 spiro atoms. The van der Waals surface area contributed by atoms with E-state index in [9.17, 15) is 27.9 Å². The van der Waals surface area contributed by atoms with Gasteiger partial charge in [0, 0.05) is 42.1 Å². The van der Waals surface area contributed by atoms with Gasteiger partial charge in [-0.05, 0) is 25.1 Å². The number of primary amides is 1. The zero-order valence-electron chi connectivity index (χ0n) is 19.4. The molecule has 1 saturated carbocycles. The van der Waals surface area contributed by atoms with Gasteiger partial charge in [0.1, 0.15) is 23.7 Å². The molecule has 2 fully saturated rings. The Morgan fingerprint density at radius 3 is 2.61 bits per heavy atom. The van der Waals surface area contributed by atoms with Crippen molar-refractivity contribution in [2.75, 3.05) is 5.32 Å². The molecule has 8 nitrogen and oxygen atoms in total. The molecule has 1 aliphatic heterocycles. The Kier molecular flexibility index (Phi) is 6.93. The maximum Gasteiger partial charge on any atom is 0.417 e. The van der Waals surface area contributed by atoms with E-state index >= 15 is 0 Å². The van der Waals surface area contributed by atoms with Crippen LogP contribution in [0.5, 0.6) is 5.75 Å². The van der Waals surface area contributed by atoms with Gasteiger partial charge >= 0.3 is 6.18 Å². The molecule has 0 unspecified atom stereocenters. The van der Waals surface area contributed by atoms with Crippen molar-refractivity contribution in [3.8, 4) is 5.75 Å². The SMILES string of the molecule is C[C@H]1[C@@H](c2cccc(Cl)c2O[C@H]2C[C@@H](O)C2)[C@H](C(=O)Nc2ccnc(C(N)=O)c2)O[C@@]1(C)C(F)(F)F. The van der Waals surface area contributed by atoms with Gasteiger partial charge in [0.25, 0.3) is 11.8 Å². The first kappa shape index (κ1) is 26.2. The Balaban J connectivity index is 1.73. The van der Waals surface area contributed by atoms with Gasteiger partial charge in [-0.1, -0.05) is 30.7 Å². The molecule has 12 heteroatoms. The van der Waals surface area contributed by atoms with Crippen molar-refractivity contribution < 1.29 is 37.3 Å². The number of pyridine rings is 1. The Morgan fingerprint density at radius 1 is 1.31 bits per heavy atom. The number of hydrogen-bond donors (Lipinski definition) is 3. The van der Waals surface area contributed by atoms with Gasteiger partial charge in [-0.2, -0.15) is 13.2 Å². The van der Waals surface area contributed by atoms with Gasteiger partial charge in [-0.25, -0.2) is 0 Å². The molecule has 194 valence electrons. The van der Waals surface area contributed by atoms with E-state index in [1.165, 1.54) is 31.3 Å². The second-order valence-corrected chi connectivity index (χ2v) is 9.67. The van der Waals surface area contributed by atoms with Crippen LogP contribution in [-0.4, -0.2) is 52.0 Å². The third kappa shape index (κ3) is 4.74. The minimum absolute atomic E-state index is 0.116. The number of para-hydroxylation sites is 1. The summed E-state index contributed by atoms with van der Waals surface area (Å²) < 4.78 is 54.0. The standard InChI is InChI=1S/C24H25ClF3N3O5/c1-11-18(15-4-3-5-16(25)19(15)35-14-9-13(32)10-14)20(36-23(11,2)24(26,27)28)22(34)31-12-6-7-30-17(8-12)21(29)33/h3-8,11,13-14,18,20,32H,9-10H2,1-2H3,(H2,29,33)(H,30,31,34)/t11-,13-,14+,18-,20+,23+/m0/s1. The predicted molar refractivity (Wildman–Crippen MR) is 124 cm³/mol. The number of carbonyl (C=O) groups excluding carboxylic acids is 2. The lowest BCUT2D eigenvalue weighted by atomic mass is 9.77. The topological polar surface area (TPSA) is 124 Å². The Morgan fingerprint density at radius 2 is 2.00 bits per heavy atom. The first-order chi connectivity index (χ1) is 16.8. The highest BCUT2D eigenvalue weighted by molar-refractivity contribution is 6.32. The second-order valence-electron chi connectivity index (χ2n) is 9.26. The fourth-order valence-electron chi connectivity index (χ4n) is 4.59. The zero-order chi connectivity index (χ0) is 26.4. The molecular formula is C24H25ClF3N3O5. The molecule has 36 heavy (non-hydrogen) atoms. The summed E-state index contributed by atoms with van der Waals surface area (Å²) in [5.41, 5.74) is 2.85. The van der Waals surface area contributed by atoms with Crippen LogP contribution in [0.3, 0.4) is 0 Å². The number of aromatic nitrogens is 1. The summed E-state index contributed by atoms with van der Waals surface area (Å²) in [7, 11) is 0. The lowest BCUT2D eigenvalue weighted by molar-refractivity contribution is -0.272. The lowest BCUT2D eigenvalue weighted by Gasteiger charge is -2.34. The van der Waals surface area contributed by atoms with E-state index < -0.39 is 47.6 Å². The van der Waals surface area contributed by atoms with Gasteiger partial charge in [0.2, 0.25) is 0 Å². The first-order valence-electron chi connectivity index (χ1n) is 11.3. The highest BCUT2D eigenvalue weighted by Gasteiger charge is 2.65. The highest BCUT2D eigenvalue weighted by atomic mass is 35.5. The van der Waals surface area contributed by atoms with Crippen molar-refractivity contribution in [2.45, 2.75) is 62.7 Å². The summed E-state index contributed by atoms with van der Waals surface area (Å²) in [5, 5.41) is 12.3. The molecule has 1 aromatic heterocycles. The largest absolute Gasteiger partial charge is 0.488 e. The number of hydrogen-bond acceptors (Lipinski definition) is 6. The van der Waals surface area contributed by atoms with Gasteiger partial charge in [0.05, 0.1) is 11.1 Å². The monoisotopic (exact) mass is 527 g/mol. The fraction of sp³-hybridized carbons (Fsp3) is 0.458. The number of rotatable bonds is 6. The lowest BCUT2D eigenvalue weighted by Crippen LogP contribution is -2.47. The van der Waals surface area contributed by atoms with Crippen LogP contribution >= 0.6 is 11.6 Å². The van der Waals surface area contributed by atoms with Crippen LogP contribution < -0.4 is 15.8 Å². The summed E-state index contributed by atoms with van der Waals surface area (Å²) >= 11 is 6.38. The maximum atomic E-state index is 14.2. The molecule has 1 saturated heterocycles. The average molecular weight is 528 g/mol. The van der Waals surface area contributed by atoms with Crippen molar-refractivity contribution in [3.05, 3.63) is 52.8 Å². The summed E-state index contributed by atoms with van der Waals surface area (Å²) in [5.74, 6) is -3.83. The summed E-state index contributed by atoms with van der Waals surface area (Å²) in [6.07, 6.45) is -5.29. The number of aliphatic hydroxyl groups excluding tert-OH is 1. The second kappa shape index (κ2) is 9.53.